The van der Waals surface area contributed by atoms with Crippen LogP contribution < -0.4 is 0 Å². The van der Waals surface area contributed by atoms with Crippen molar-refractivity contribution >= 4 is 0 Å². The summed E-state index contributed by atoms with van der Waals surface area (Å²) in [6.07, 6.45) is 10.6. The van der Waals surface area contributed by atoms with E-state index in [1.807, 2.05) is 13.8 Å². The largest absolute Gasteiger partial charge is 0.393 e. The van der Waals surface area contributed by atoms with Gasteiger partial charge in [0, 0.05) is 7.11 Å². The highest BCUT2D eigenvalue weighted by molar-refractivity contribution is 5.32. The van der Waals surface area contributed by atoms with Gasteiger partial charge in [-0.3, -0.25) is 0 Å². The predicted molar refractivity (Wildman–Crippen MR) is 135 cm³/mol. The first-order valence-corrected chi connectivity index (χ1v) is 14.4. The summed E-state index contributed by atoms with van der Waals surface area (Å²) in [5, 5.41) is 32.6. The van der Waals surface area contributed by atoms with Crippen LogP contribution in [0.5, 0.6) is 0 Å². The van der Waals surface area contributed by atoms with Crippen LogP contribution in [0.4, 0.5) is 0 Å². The Kier molecular flexibility index (Phi) is 5.94. The molecule has 0 bridgehead atoms. The smallest absolute Gasteiger partial charge is 0.0852 e. The summed E-state index contributed by atoms with van der Waals surface area (Å²) in [6.45, 7) is 13.4. The van der Waals surface area contributed by atoms with Gasteiger partial charge in [0.1, 0.15) is 0 Å². The van der Waals surface area contributed by atoms with E-state index >= 15 is 0 Å². The quantitative estimate of drug-likeness (QED) is 0.469. The molecular weight excluding hydrogens is 424 g/mol. The van der Waals surface area contributed by atoms with Crippen LogP contribution in [0.3, 0.4) is 0 Å². The van der Waals surface area contributed by atoms with E-state index in [4.69, 9.17) is 4.74 Å². The lowest BCUT2D eigenvalue weighted by atomic mass is 9.46. The Morgan fingerprint density at radius 1 is 0.971 bits per heavy atom. The van der Waals surface area contributed by atoms with Crippen LogP contribution in [0.1, 0.15) is 106 Å². The Bertz CT molecular complexity index is 787. The first-order chi connectivity index (χ1) is 15.8. The second-order valence-electron chi connectivity index (χ2n) is 14.7. The Hall–Kier alpha value is -0.160. The first-order valence-electron chi connectivity index (χ1n) is 14.4. The zero-order valence-corrected chi connectivity index (χ0v) is 22.9. The lowest BCUT2D eigenvalue weighted by molar-refractivity contribution is -0.132. The number of aliphatic hydroxyl groups excluding tert-OH is 2. The third-order valence-electron chi connectivity index (χ3n) is 13.2. The molecule has 0 aromatic rings. The molecule has 3 unspecified atom stereocenters. The summed E-state index contributed by atoms with van der Waals surface area (Å²) in [6, 6.07) is 0. The average Bonchev–Trinajstić information content (AvgIpc) is 3.17. The molecule has 5 saturated carbocycles. The molecule has 34 heavy (non-hydrogen) atoms. The Balaban J connectivity index is 1.35. The van der Waals surface area contributed by atoms with E-state index in [1.54, 1.807) is 7.11 Å². The summed E-state index contributed by atoms with van der Waals surface area (Å²) in [4.78, 5) is 0. The second-order valence-corrected chi connectivity index (χ2v) is 14.7. The van der Waals surface area contributed by atoms with Crippen molar-refractivity contribution in [3.8, 4) is 0 Å². The molecule has 0 aromatic carbocycles. The normalized spacial score (nSPS) is 52.2. The summed E-state index contributed by atoms with van der Waals surface area (Å²) in [7, 11) is 1.69. The molecule has 0 amide bonds. The lowest BCUT2D eigenvalue weighted by Crippen LogP contribution is -2.54. The van der Waals surface area contributed by atoms with Gasteiger partial charge < -0.3 is 20.1 Å². The van der Waals surface area contributed by atoms with Crippen molar-refractivity contribution < 1.29 is 20.1 Å². The van der Waals surface area contributed by atoms with Crippen molar-refractivity contribution in [3.63, 3.8) is 0 Å². The number of rotatable bonds is 6. The van der Waals surface area contributed by atoms with E-state index < -0.39 is 5.60 Å². The molecule has 4 nitrogen and oxygen atoms in total. The highest BCUT2D eigenvalue weighted by atomic mass is 16.5. The molecule has 0 radical (unpaired) electrons. The van der Waals surface area contributed by atoms with Crippen LogP contribution in [-0.2, 0) is 4.74 Å². The standard InChI is InChI=1S/C30H52O4/c1-18-29-16-15-28(6)20(9-8-10-25(34-7)27(4,5)33)22(31)17-21(28)19(29)11-12-23-26(2,3)24(32)13-14-30(18,23)29/h18-25,31-33H,8-17H2,1-7H3/t18-,19-,20-,21?,22+,23?,24-,25-,28+,29-,30?/m0/s1. The maximum absolute atomic E-state index is 11.4. The maximum Gasteiger partial charge on any atom is 0.0852 e. The predicted octanol–water partition coefficient (Wildman–Crippen LogP) is 5.57. The van der Waals surface area contributed by atoms with E-state index in [0.717, 1.165) is 43.9 Å². The molecule has 0 heterocycles. The van der Waals surface area contributed by atoms with Gasteiger partial charge in [0.25, 0.3) is 0 Å². The van der Waals surface area contributed by atoms with Crippen LogP contribution in [0.25, 0.3) is 0 Å². The summed E-state index contributed by atoms with van der Waals surface area (Å²) < 4.78 is 5.58. The van der Waals surface area contributed by atoms with Gasteiger partial charge in [-0.25, -0.2) is 0 Å². The van der Waals surface area contributed by atoms with Crippen LogP contribution in [0.15, 0.2) is 0 Å². The minimum absolute atomic E-state index is 0.0256. The van der Waals surface area contributed by atoms with Crippen molar-refractivity contribution in [1.82, 2.24) is 0 Å². The number of hydrogen-bond acceptors (Lipinski definition) is 4. The molecule has 5 aliphatic carbocycles. The Morgan fingerprint density at radius 2 is 1.68 bits per heavy atom. The van der Waals surface area contributed by atoms with Gasteiger partial charge in [-0.15, -0.1) is 0 Å². The molecule has 11 atom stereocenters. The summed E-state index contributed by atoms with van der Waals surface area (Å²) in [5.41, 5.74) is 0.309. The van der Waals surface area contributed by atoms with Gasteiger partial charge in [0.05, 0.1) is 23.9 Å². The van der Waals surface area contributed by atoms with E-state index in [-0.39, 0.29) is 29.1 Å². The zero-order chi connectivity index (χ0) is 24.9. The molecule has 5 aliphatic rings. The van der Waals surface area contributed by atoms with Gasteiger partial charge in [-0.1, -0.05) is 34.1 Å². The lowest BCUT2D eigenvalue weighted by Gasteiger charge is -2.59. The van der Waals surface area contributed by atoms with Gasteiger partial charge in [-0.2, -0.15) is 0 Å². The molecule has 5 rings (SSSR count). The summed E-state index contributed by atoms with van der Waals surface area (Å²) in [5.74, 6) is 3.15. The van der Waals surface area contributed by atoms with Crippen molar-refractivity contribution in [1.29, 1.82) is 0 Å². The first kappa shape index (κ1) is 25.5. The second kappa shape index (κ2) is 7.92. The third-order valence-corrected chi connectivity index (χ3v) is 13.2. The van der Waals surface area contributed by atoms with Crippen molar-refractivity contribution in [2.45, 2.75) is 130 Å². The monoisotopic (exact) mass is 476 g/mol. The van der Waals surface area contributed by atoms with Gasteiger partial charge >= 0.3 is 0 Å². The van der Waals surface area contributed by atoms with E-state index in [2.05, 4.69) is 27.7 Å². The fraction of sp³-hybridized carbons (Fsp3) is 1.00. The number of ether oxygens (including phenoxy) is 1. The van der Waals surface area contributed by atoms with Crippen molar-refractivity contribution in [3.05, 3.63) is 0 Å². The van der Waals surface area contributed by atoms with Crippen LogP contribution in [-0.4, -0.2) is 46.3 Å². The number of aliphatic hydroxyl groups is 3. The molecule has 3 N–H and O–H groups in total. The minimum atomic E-state index is -0.830. The maximum atomic E-state index is 11.4. The average molecular weight is 477 g/mol. The molecule has 196 valence electrons. The SMILES string of the molecule is CO[C@@H](CCC[C@H]1[C@H](O)CC2[C@@H]3CCC4C(C)(C)[C@@H](O)CCC45[C@@H](C)[C@@]35CC[C@@]21C)C(C)(C)O. The fourth-order valence-electron chi connectivity index (χ4n) is 11.5. The van der Waals surface area contributed by atoms with Crippen molar-refractivity contribution in [2.24, 2.45) is 51.2 Å². The highest BCUT2D eigenvalue weighted by Crippen LogP contribution is 2.89. The Labute approximate surface area is 208 Å². The van der Waals surface area contributed by atoms with Gasteiger partial charge in [0.2, 0.25) is 0 Å². The van der Waals surface area contributed by atoms with Crippen molar-refractivity contribution in [2.75, 3.05) is 7.11 Å². The van der Waals surface area contributed by atoms with E-state index in [1.165, 1.54) is 32.1 Å². The molecule has 0 aromatic heterocycles. The third kappa shape index (κ3) is 3.10. The Morgan fingerprint density at radius 3 is 2.32 bits per heavy atom. The molecule has 0 aliphatic heterocycles. The molecule has 4 heteroatoms. The van der Waals surface area contributed by atoms with Crippen LogP contribution in [0, 0.1) is 51.2 Å². The molecular formula is C30H52O4. The highest BCUT2D eigenvalue weighted by Gasteiger charge is 2.84. The van der Waals surface area contributed by atoms with Gasteiger partial charge in [-0.05, 0) is 123 Å². The van der Waals surface area contributed by atoms with Gasteiger partial charge in [0.15, 0.2) is 0 Å². The number of methoxy groups -OCH3 is 1. The number of fused-ring (bicyclic) bond motifs is 2. The summed E-state index contributed by atoms with van der Waals surface area (Å²) >= 11 is 0. The fourth-order valence-corrected chi connectivity index (χ4v) is 11.5. The zero-order valence-electron chi connectivity index (χ0n) is 22.9. The number of hydrogen-bond donors (Lipinski definition) is 3. The molecule has 5 fully saturated rings. The van der Waals surface area contributed by atoms with Crippen LogP contribution >= 0.6 is 0 Å². The molecule has 0 saturated heterocycles. The topological polar surface area (TPSA) is 69.9 Å². The van der Waals surface area contributed by atoms with E-state index in [0.29, 0.717) is 28.6 Å². The minimum Gasteiger partial charge on any atom is -0.393 e. The molecule has 2 spiro atoms. The van der Waals surface area contributed by atoms with E-state index in [9.17, 15) is 15.3 Å². The van der Waals surface area contributed by atoms with Crippen LogP contribution in [0.2, 0.25) is 0 Å².